The lowest BCUT2D eigenvalue weighted by molar-refractivity contribution is 0.103. The number of carbonyl (C=O) groups is 1. The molecule has 17 heavy (non-hydrogen) atoms. The minimum absolute atomic E-state index is 0.0110. The first-order chi connectivity index (χ1) is 8.16. The Labute approximate surface area is 105 Å². The molecular formula is C14H15NOS. The van der Waals surface area contributed by atoms with Crippen molar-refractivity contribution in [1.82, 2.24) is 4.98 Å². The number of aromatic nitrogens is 1. The molecule has 0 aliphatic rings. The standard InChI is InChI=1S/C14H15NOS/c1-10(2)6-11-4-3-5-12(7-11)14(16)13-8-17-9-15-13/h3-5,7-10H,6H2,1-2H3. The minimum Gasteiger partial charge on any atom is -0.287 e. The molecule has 88 valence electrons. The van der Waals surface area contributed by atoms with Crippen molar-refractivity contribution in [3.05, 3.63) is 52.0 Å². The van der Waals surface area contributed by atoms with Crippen molar-refractivity contribution >= 4 is 17.1 Å². The second-order valence-electron chi connectivity index (χ2n) is 4.50. The maximum absolute atomic E-state index is 12.1. The molecule has 3 heteroatoms. The largest absolute Gasteiger partial charge is 0.287 e. The van der Waals surface area contributed by atoms with Gasteiger partial charge in [0.15, 0.2) is 0 Å². The van der Waals surface area contributed by atoms with Gasteiger partial charge in [-0.2, -0.15) is 0 Å². The number of hydrogen-bond donors (Lipinski definition) is 0. The van der Waals surface area contributed by atoms with Crippen LogP contribution in [-0.2, 0) is 6.42 Å². The van der Waals surface area contributed by atoms with E-state index in [4.69, 9.17) is 0 Å². The van der Waals surface area contributed by atoms with Gasteiger partial charge in [-0.25, -0.2) is 4.98 Å². The van der Waals surface area contributed by atoms with E-state index in [1.165, 1.54) is 16.9 Å². The molecule has 0 saturated carbocycles. The summed E-state index contributed by atoms with van der Waals surface area (Å²) < 4.78 is 0. The molecule has 1 heterocycles. The molecule has 0 amide bonds. The molecule has 0 atom stereocenters. The first kappa shape index (κ1) is 12.0. The maximum Gasteiger partial charge on any atom is 0.212 e. The molecule has 0 saturated heterocycles. The Morgan fingerprint density at radius 3 is 2.88 bits per heavy atom. The summed E-state index contributed by atoms with van der Waals surface area (Å²) in [5.41, 5.74) is 4.16. The number of benzene rings is 1. The molecule has 0 unspecified atom stereocenters. The van der Waals surface area contributed by atoms with Crippen molar-refractivity contribution in [3.63, 3.8) is 0 Å². The van der Waals surface area contributed by atoms with Crippen LogP contribution in [0.1, 0.15) is 35.5 Å². The molecule has 0 aliphatic carbocycles. The van der Waals surface area contributed by atoms with Gasteiger partial charge in [0.2, 0.25) is 5.78 Å². The summed E-state index contributed by atoms with van der Waals surface area (Å²) >= 11 is 1.45. The number of carbonyl (C=O) groups excluding carboxylic acids is 1. The predicted molar refractivity (Wildman–Crippen MR) is 70.5 cm³/mol. The molecule has 0 aliphatic heterocycles. The molecular weight excluding hydrogens is 230 g/mol. The van der Waals surface area contributed by atoms with Crippen LogP contribution in [0.3, 0.4) is 0 Å². The Morgan fingerprint density at radius 2 is 2.24 bits per heavy atom. The van der Waals surface area contributed by atoms with Gasteiger partial charge in [-0.05, 0) is 24.0 Å². The molecule has 2 rings (SSSR count). The van der Waals surface area contributed by atoms with Crippen LogP contribution in [-0.4, -0.2) is 10.8 Å². The fourth-order valence-corrected chi connectivity index (χ4v) is 2.32. The highest BCUT2D eigenvalue weighted by atomic mass is 32.1. The summed E-state index contributed by atoms with van der Waals surface area (Å²) in [5.74, 6) is 0.608. The van der Waals surface area contributed by atoms with E-state index < -0.39 is 0 Å². The van der Waals surface area contributed by atoms with Crippen LogP contribution in [0.15, 0.2) is 35.2 Å². The first-order valence-electron chi connectivity index (χ1n) is 5.68. The van der Waals surface area contributed by atoms with Crippen molar-refractivity contribution in [2.24, 2.45) is 5.92 Å². The van der Waals surface area contributed by atoms with Crippen molar-refractivity contribution in [1.29, 1.82) is 0 Å². The van der Waals surface area contributed by atoms with Crippen molar-refractivity contribution in [2.45, 2.75) is 20.3 Å². The Hall–Kier alpha value is -1.48. The summed E-state index contributed by atoms with van der Waals surface area (Å²) in [5, 5.41) is 1.79. The zero-order valence-corrected chi connectivity index (χ0v) is 10.8. The Kier molecular flexibility index (Phi) is 3.69. The van der Waals surface area contributed by atoms with Crippen LogP contribution in [0, 0.1) is 5.92 Å². The van der Waals surface area contributed by atoms with Crippen LogP contribution in [0.4, 0.5) is 0 Å². The van der Waals surface area contributed by atoms with Gasteiger partial charge in [0.05, 0.1) is 5.51 Å². The summed E-state index contributed by atoms with van der Waals surface area (Å²) in [4.78, 5) is 16.1. The van der Waals surface area contributed by atoms with E-state index >= 15 is 0 Å². The molecule has 0 spiro atoms. The van der Waals surface area contributed by atoms with Crippen LogP contribution in [0.5, 0.6) is 0 Å². The van der Waals surface area contributed by atoms with Gasteiger partial charge < -0.3 is 0 Å². The van der Waals surface area contributed by atoms with E-state index in [2.05, 4.69) is 24.9 Å². The third-order valence-corrected chi connectivity index (χ3v) is 3.08. The summed E-state index contributed by atoms with van der Waals surface area (Å²) in [6.07, 6.45) is 0.998. The maximum atomic E-state index is 12.1. The Balaban J connectivity index is 2.24. The highest BCUT2D eigenvalue weighted by Gasteiger charge is 2.11. The van der Waals surface area contributed by atoms with Crippen LogP contribution in [0.2, 0.25) is 0 Å². The number of hydrogen-bond acceptors (Lipinski definition) is 3. The number of rotatable bonds is 4. The SMILES string of the molecule is CC(C)Cc1cccc(C(=O)c2cscn2)c1. The lowest BCUT2D eigenvalue weighted by atomic mass is 9.99. The van der Waals surface area contributed by atoms with Crippen molar-refractivity contribution in [3.8, 4) is 0 Å². The molecule has 0 N–H and O–H groups in total. The van der Waals surface area contributed by atoms with Gasteiger partial charge in [0.25, 0.3) is 0 Å². The third kappa shape index (κ3) is 3.01. The third-order valence-electron chi connectivity index (χ3n) is 2.50. The zero-order chi connectivity index (χ0) is 12.3. The second kappa shape index (κ2) is 5.23. The average molecular weight is 245 g/mol. The van der Waals surface area contributed by atoms with Crippen molar-refractivity contribution in [2.75, 3.05) is 0 Å². The van der Waals surface area contributed by atoms with E-state index in [-0.39, 0.29) is 5.78 Å². The lowest BCUT2D eigenvalue weighted by Crippen LogP contribution is -2.03. The van der Waals surface area contributed by atoms with E-state index in [1.807, 2.05) is 18.2 Å². The minimum atomic E-state index is 0.0110. The number of thiazole rings is 1. The Morgan fingerprint density at radius 1 is 1.41 bits per heavy atom. The van der Waals surface area contributed by atoms with Gasteiger partial charge in [-0.3, -0.25) is 4.79 Å². The quantitative estimate of drug-likeness (QED) is 0.771. The fraction of sp³-hybridized carbons (Fsp3) is 0.286. The average Bonchev–Trinajstić information content (AvgIpc) is 2.81. The lowest BCUT2D eigenvalue weighted by Gasteiger charge is -2.06. The highest BCUT2D eigenvalue weighted by molar-refractivity contribution is 7.07. The van der Waals surface area contributed by atoms with E-state index in [1.54, 1.807) is 10.9 Å². The van der Waals surface area contributed by atoms with Gasteiger partial charge in [-0.1, -0.05) is 32.0 Å². The normalized spacial score (nSPS) is 10.8. The van der Waals surface area contributed by atoms with Crippen LogP contribution >= 0.6 is 11.3 Å². The highest BCUT2D eigenvalue weighted by Crippen LogP contribution is 2.14. The second-order valence-corrected chi connectivity index (χ2v) is 5.22. The first-order valence-corrected chi connectivity index (χ1v) is 6.63. The van der Waals surface area contributed by atoms with Gasteiger partial charge in [0, 0.05) is 10.9 Å². The van der Waals surface area contributed by atoms with E-state index in [0.717, 1.165) is 12.0 Å². The van der Waals surface area contributed by atoms with Gasteiger partial charge in [-0.15, -0.1) is 11.3 Å². The molecule has 0 radical (unpaired) electrons. The molecule has 1 aromatic carbocycles. The number of ketones is 1. The van der Waals surface area contributed by atoms with E-state index in [9.17, 15) is 4.79 Å². The molecule has 1 aromatic heterocycles. The summed E-state index contributed by atoms with van der Waals surface area (Å²) in [6.45, 7) is 4.35. The molecule has 2 nitrogen and oxygen atoms in total. The van der Waals surface area contributed by atoms with Gasteiger partial charge in [0.1, 0.15) is 5.69 Å². The topological polar surface area (TPSA) is 30.0 Å². The fourth-order valence-electron chi connectivity index (χ4n) is 1.78. The molecule has 0 fully saturated rings. The number of nitrogens with zero attached hydrogens (tertiary/aromatic N) is 1. The van der Waals surface area contributed by atoms with Gasteiger partial charge >= 0.3 is 0 Å². The molecule has 0 bridgehead atoms. The predicted octanol–water partition coefficient (Wildman–Crippen LogP) is 3.57. The smallest absolute Gasteiger partial charge is 0.212 e. The van der Waals surface area contributed by atoms with Crippen LogP contribution in [0.25, 0.3) is 0 Å². The monoisotopic (exact) mass is 245 g/mol. The summed E-state index contributed by atoms with van der Waals surface area (Å²) in [7, 11) is 0. The summed E-state index contributed by atoms with van der Waals surface area (Å²) in [6, 6.07) is 7.84. The zero-order valence-electron chi connectivity index (χ0n) is 10.0. The molecule has 2 aromatic rings. The van der Waals surface area contributed by atoms with Crippen molar-refractivity contribution < 1.29 is 4.79 Å². The Bertz CT molecular complexity index is 503. The van der Waals surface area contributed by atoms with E-state index in [0.29, 0.717) is 11.6 Å². The van der Waals surface area contributed by atoms with Crippen LogP contribution < -0.4 is 0 Å².